The lowest BCUT2D eigenvalue weighted by Crippen LogP contribution is -2.12. The third-order valence-electron chi connectivity index (χ3n) is 5.29. The van der Waals surface area contributed by atoms with Crippen molar-refractivity contribution >= 4 is 16.7 Å². The monoisotopic (exact) mass is 397 g/mol. The molecule has 0 fully saturated rings. The highest BCUT2D eigenvalue weighted by atomic mass is 14.9. The number of para-hydroxylation sites is 2. The molecule has 0 unspecified atom stereocenters. The number of nitrogens with zero attached hydrogens (tertiary/aromatic N) is 3. The number of imidazole rings is 1. The summed E-state index contributed by atoms with van der Waals surface area (Å²) in [7, 11) is 1.83. The van der Waals surface area contributed by atoms with E-state index < -0.39 is 0 Å². The largest absolute Gasteiger partial charge is 0.337 e. The summed E-state index contributed by atoms with van der Waals surface area (Å²) < 4.78 is 0. The lowest BCUT2D eigenvalue weighted by Gasteiger charge is -2.12. The van der Waals surface area contributed by atoms with Crippen molar-refractivity contribution in [1.82, 2.24) is 20.3 Å². The zero-order valence-corrected chi connectivity index (χ0v) is 17.7. The fourth-order valence-corrected chi connectivity index (χ4v) is 3.72. The minimum Gasteiger partial charge on any atom is -0.337 e. The standard InChI is InChI=1S/C25H27N5/c1-4-18-10-11-19(20-12-17(14-27-5-2)15-28-16-20)13-21(18)24(26-3)25-29-22-8-6-7-9-23(22)30-25/h6-13,15-16,27H,4-5,14H2,1-3H3,(H,29,30). The second-order valence-electron chi connectivity index (χ2n) is 7.26. The number of aromatic amines is 1. The minimum absolute atomic E-state index is 0.796. The van der Waals surface area contributed by atoms with E-state index in [1.54, 1.807) is 0 Å². The number of hydrogen-bond acceptors (Lipinski definition) is 4. The van der Waals surface area contributed by atoms with Crippen LogP contribution >= 0.6 is 0 Å². The van der Waals surface area contributed by atoms with Crippen molar-refractivity contribution in [2.75, 3.05) is 13.6 Å². The second kappa shape index (κ2) is 9.01. The molecule has 0 bridgehead atoms. The number of benzene rings is 2. The maximum absolute atomic E-state index is 4.78. The molecule has 5 heteroatoms. The Labute approximate surface area is 177 Å². The van der Waals surface area contributed by atoms with Gasteiger partial charge in [-0.2, -0.15) is 0 Å². The summed E-state index contributed by atoms with van der Waals surface area (Å²) in [6.45, 7) is 6.03. The fourth-order valence-electron chi connectivity index (χ4n) is 3.72. The molecule has 0 aliphatic heterocycles. The van der Waals surface area contributed by atoms with E-state index in [0.717, 1.165) is 58.8 Å². The molecule has 2 aromatic heterocycles. The molecule has 0 radical (unpaired) electrons. The number of aliphatic imine (C=N–C) groups is 1. The Morgan fingerprint density at radius 1 is 1.03 bits per heavy atom. The molecule has 0 atom stereocenters. The van der Waals surface area contributed by atoms with Gasteiger partial charge in [0.05, 0.1) is 11.0 Å². The van der Waals surface area contributed by atoms with Gasteiger partial charge in [0, 0.05) is 37.1 Å². The van der Waals surface area contributed by atoms with Crippen molar-refractivity contribution in [3.63, 3.8) is 0 Å². The first-order chi connectivity index (χ1) is 14.7. The van der Waals surface area contributed by atoms with Crippen LogP contribution in [-0.2, 0) is 13.0 Å². The number of hydrogen-bond donors (Lipinski definition) is 2. The molecule has 2 aromatic carbocycles. The number of pyridine rings is 1. The predicted molar refractivity (Wildman–Crippen MR) is 124 cm³/mol. The van der Waals surface area contributed by atoms with Crippen LogP contribution in [0.2, 0.25) is 0 Å². The van der Waals surface area contributed by atoms with Gasteiger partial charge in [0.2, 0.25) is 0 Å². The number of aryl methyl sites for hydroxylation is 1. The van der Waals surface area contributed by atoms with Crippen molar-refractivity contribution < 1.29 is 0 Å². The van der Waals surface area contributed by atoms with Crippen LogP contribution in [0.3, 0.4) is 0 Å². The normalized spacial score (nSPS) is 11.9. The zero-order valence-electron chi connectivity index (χ0n) is 17.7. The topological polar surface area (TPSA) is 66.0 Å². The van der Waals surface area contributed by atoms with Crippen molar-refractivity contribution in [2.24, 2.45) is 4.99 Å². The maximum atomic E-state index is 4.78. The quantitative estimate of drug-likeness (QED) is 0.442. The Morgan fingerprint density at radius 2 is 1.90 bits per heavy atom. The number of fused-ring (bicyclic) bond motifs is 1. The lowest BCUT2D eigenvalue weighted by molar-refractivity contribution is 0.724. The number of aromatic nitrogens is 3. The summed E-state index contributed by atoms with van der Waals surface area (Å²) in [5.74, 6) is 0.796. The molecule has 0 aliphatic rings. The SMILES string of the molecule is CCNCc1cncc(-c2ccc(CC)c(C(=NC)c3nc4ccccc4[nH]3)c2)c1. The zero-order chi connectivity index (χ0) is 20.9. The van der Waals surface area contributed by atoms with Gasteiger partial charge in [0.1, 0.15) is 5.71 Å². The van der Waals surface area contributed by atoms with Crippen molar-refractivity contribution in [2.45, 2.75) is 26.8 Å². The molecule has 152 valence electrons. The molecule has 0 aliphatic carbocycles. The number of H-pyrrole nitrogens is 1. The van der Waals surface area contributed by atoms with E-state index in [1.807, 2.05) is 43.7 Å². The van der Waals surface area contributed by atoms with Crippen LogP contribution in [-0.4, -0.2) is 34.3 Å². The Kier molecular flexibility index (Phi) is 6.00. The molecular weight excluding hydrogens is 370 g/mol. The summed E-state index contributed by atoms with van der Waals surface area (Å²) in [4.78, 5) is 17.3. The predicted octanol–water partition coefficient (Wildman–Crippen LogP) is 4.76. The first kappa shape index (κ1) is 20.0. The lowest BCUT2D eigenvalue weighted by atomic mass is 9.95. The summed E-state index contributed by atoms with van der Waals surface area (Å²) in [5, 5.41) is 3.36. The van der Waals surface area contributed by atoms with Gasteiger partial charge in [-0.15, -0.1) is 0 Å². The Morgan fingerprint density at radius 3 is 2.67 bits per heavy atom. The van der Waals surface area contributed by atoms with Crippen molar-refractivity contribution in [3.05, 3.63) is 83.4 Å². The van der Waals surface area contributed by atoms with Gasteiger partial charge in [-0.05, 0) is 53.9 Å². The smallest absolute Gasteiger partial charge is 0.157 e. The minimum atomic E-state index is 0.796. The summed E-state index contributed by atoms with van der Waals surface area (Å²) in [6.07, 6.45) is 4.76. The highest BCUT2D eigenvalue weighted by Gasteiger charge is 2.16. The van der Waals surface area contributed by atoms with Crippen LogP contribution in [0.1, 0.15) is 36.4 Å². The van der Waals surface area contributed by atoms with Gasteiger partial charge >= 0.3 is 0 Å². The second-order valence-corrected chi connectivity index (χ2v) is 7.26. The molecule has 4 rings (SSSR count). The van der Waals surface area contributed by atoms with Gasteiger partial charge in [-0.1, -0.05) is 38.1 Å². The van der Waals surface area contributed by atoms with E-state index in [0.29, 0.717) is 0 Å². The van der Waals surface area contributed by atoms with Crippen LogP contribution < -0.4 is 5.32 Å². The van der Waals surface area contributed by atoms with Gasteiger partial charge in [0.15, 0.2) is 5.82 Å². The van der Waals surface area contributed by atoms with E-state index >= 15 is 0 Å². The Balaban J connectivity index is 1.77. The van der Waals surface area contributed by atoms with E-state index in [9.17, 15) is 0 Å². The molecule has 0 saturated heterocycles. The van der Waals surface area contributed by atoms with Crippen molar-refractivity contribution in [3.8, 4) is 11.1 Å². The Bertz CT molecular complexity index is 1160. The molecule has 2 N–H and O–H groups in total. The number of nitrogens with one attached hydrogen (secondary N) is 2. The number of rotatable bonds is 7. The van der Waals surface area contributed by atoms with E-state index in [2.05, 4.69) is 58.4 Å². The van der Waals surface area contributed by atoms with Crippen LogP contribution in [0.4, 0.5) is 0 Å². The van der Waals surface area contributed by atoms with E-state index in [-0.39, 0.29) is 0 Å². The van der Waals surface area contributed by atoms with Crippen LogP contribution in [0.25, 0.3) is 22.2 Å². The molecule has 0 saturated carbocycles. The average Bonchev–Trinajstić information content (AvgIpc) is 3.22. The molecule has 0 spiro atoms. The molecule has 0 amide bonds. The fraction of sp³-hybridized carbons (Fsp3) is 0.240. The first-order valence-corrected chi connectivity index (χ1v) is 10.4. The molecule has 2 heterocycles. The van der Waals surface area contributed by atoms with E-state index in [4.69, 9.17) is 4.98 Å². The average molecular weight is 398 g/mol. The van der Waals surface area contributed by atoms with Crippen LogP contribution in [0, 0.1) is 0 Å². The third kappa shape index (κ3) is 4.02. The highest BCUT2D eigenvalue weighted by Crippen LogP contribution is 2.26. The van der Waals surface area contributed by atoms with Crippen molar-refractivity contribution in [1.29, 1.82) is 0 Å². The highest BCUT2D eigenvalue weighted by molar-refractivity contribution is 6.13. The third-order valence-corrected chi connectivity index (χ3v) is 5.29. The van der Waals surface area contributed by atoms with E-state index in [1.165, 1.54) is 11.1 Å². The first-order valence-electron chi connectivity index (χ1n) is 10.4. The van der Waals surface area contributed by atoms with Gasteiger partial charge < -0.3 is 10.3 Å². The van der Waals surface area contributed by atoms with Crippen LogP contribution in [0.5, 0.6) is 0 Å². The summed E-state index contributed by atoms with van der Waals surface area (Å²) in [5.41, 5.74) is 8.61. The molecule has 4 aromatic rings. The Hall–Kier alpha value is -3.31. The molecule has 30 heavy (non-hydrogen) atoms. The summed E-state index contributed by atoms with van der Waals surface area (Å²) >= 11 is 0. The van der Waals surface area contributed by atoms with Gasteiger partial charge in [0.25, 0.3) is 0 Å². The molecular formula is C25H27N5. The van der Waals surface area contributed by atoms with Gasteiger partial charge in [-0.3, -0.25) is 9.98 Å². The summed E-state index contributed by atoms with van der Waals surface area (Å²) in [6, 6.07) is 16.8. The maximum Gasteiger partial charge on any atom is 0.157 e. The molecule has 5 nitrogen and oxygen atoms in total. The van der Waals surface area contributed by atoms with Crippen LogP contribution in [0.15, 0.2) is 65.9 Å². The van der Waals surface area contributed by atoms with Gasteiger partial charge in [-0.25, -0.2) is 4.98 Å².